The molecule has 0 aromatic rings. The van der Waals surface area contributed by atoms with E-state index in [4.69, 9.17) is 57.3 Å². The van der Waals surface area contributed by atoms with Gasteiger partial charge in [-0.05, 0) is 23.6 Å². The van der Waals surface area contributed by atoms with Crippen LogP contribution in [0.4, 0.5) is 0 Å². The second-order valence-corrected chi connectivity index (χ2v) is 12.3. The topological polar surface area (TPSA) is 18.5 Å². The Balaban J connectivity index is 2.85. The van der Waals surface area contributed by atoms with E-state index in [1.807, 2.05) is 0 Å². The van der Waals surface area contributed by atoms with E-state index in [2.05, 4.69) is 11.2 Å². The Morgan fingerprint density at radius 1 is 1.33 bits per heavy atom. The molecule has 0 aliphatic carbocycles. The van der Waals surface area contributed by atoms with Gasteiger partial charge in [0.1, 0.15) is 6.54 Å². The van der Waals surface area contributed by atoms with E-state index in [0.29, 0.717) is 0 Å². The molecule has 1 N–H and O–H groups in total. The number of hydrogen-bond donors (Lipinski definition) is 1. The fourth-order valence-corrected chi connectivity index (χ4v) is 12.0. The summed E-state index contributed by atoms with van der Waals surface area (Å²) >= 11 is 29.1. The van der Waals surface area contributed by atoms with Crippen LogP contribution in [0.1, 0.15) is 0 Å². The fourth-order valence-electron chi connectivity index (χ4n) is 0.443. The van der Waals surface area contributed by atoms with Crippen molar-refractivity contribution < 1.29 is 0 Å². The predicted octanol–water partition coefficient (Wildman–Crippen LogP) is 4.87. The summed E-state index contributed by atoms with van der Waals surface area (Å²) in [4.78, 5) is 2.80. The van der Waals surface area contributed by atoms with Gasteiger partial charge in [-0.25, -0.2) is 4.86 Å². The Kier molecular flexibility index (Phi) is 4.77. The first-order valence-corrected chi connectivity index (χ1v) is 10.3. The van der Waals surface area contributed by atoms with Gasteiger partial charge < -0.3 is 0 Å². The minimum Gasteiger partial charge on any atom is -0.224 e. The maximum absolute atomic E-state index is 5.94. The molecular formula is CH3Cl5N3P3. The van der Waals surface area contributed by atoms with Gasteiger partial charge in [0.2, 0.25) is 0 Å². The van der Waals surface area contributed by atoms with E-state index in [-0.39, 0.29) is 0 Å². The van der Waals surface area contributed by atoms with Crippen molar-refractivity contribution in [3.05, 3.63) is 0 Å². The van der Waals surface area contributed by atoms with Gasteiger partial charge in [-0.15, -0.1) is 7.92 Å². The molecule has 0 radical (unpaired) electrons. The maximum atomic E-state index is 5.94. The van der Waals surface area contributed by atoms with E-state index in [1.54, 1.807) is 0 Å². The summed E-state index contributed by atoms with van der Waals surface area (Å²) in [5.41, 5.74) is 0. The molecule has 0 aromatic heterocycles. The Labute approximate surface area is 97.6 Å². The lowest BCUT2D eigenvalue weighted by molar-refractivity contribution is 1.02. The number of nitrogens with one attached hydrogen (secondary N) is 1. The van der Waals surface area contributed by atoms with Crippen LogP contribution in [0.25, 0.3) is 0 Å². The molecule has 11 heteroatoms. The molecule has 1 rings (SSSR count). The second kappa shape index (κ2) is 4.56. The summed E-state index contributed by atoms with van der Waals surface area (Å²) in [5.74, 6) is 0. The van der Waals surface area contributed by atoms with Crippen LogP contribution in [0.15, 0.2) is 0 Å². The SMILES string of the molecule is C=P1(Cl)NP(Cl)N(Cl)P(Cl)N1Cl. The molecule has 1 saturated heterocycles. The first kappa shape index (κ1) is 12.6. The van der Waals surface area contributed by atoms with Crippen molar-refractivity contribution in [3.8, 4) is 0 Å². The molecule has 0 spiro atoms. The predicted molar refractivity (Wildman–Crippen MR) is 64.0 cm³/mol. The van der Waals surface area contributed by atoms with Crippen LogP contribution in [0.5, 0.6) is 0 Å². The van der Waals surface area contributed by atoms with Crippen LogP contribution in [0.2, 0.25) is 0 Å². The van der Waals surface area contributed by atoms with Crippen molar-refractivity contribution in [1.29, 1.82) is 0 Å². The van der Waals surface area contributed by atoms with E-state index in [1.165, 1.54) is 7.92 Å². The lowest BCUT2D eigenvalue weighted by Gasteiger charge is -2.40. The van der Waals surface area contributed by atoms with Gasteiger partial charge in [0.15, 0.2) is 15.2 Å². The molecule has 1 aliphatic rings. The number of halogens is 5. The minimum absolute atomic E-state index is 1.21. The largest absolute Gasteiger partial charge is 0.224 e. The molecule has 0 aromatic carbocycles. The van der Waals surface area contributed by atoms with Gasteiger partial charge in [0.25, 0.3) is 0 Å². The molecule has 3 atom stereocenters. The van der Waals surface area contributed by atoms with Gasteiger partial charge in [-0.1, -0.05) is 40.0 Å². The van der Waals surface area contributed by atoms with Crippen molar-refractivity contribution in [3.63, 3.8) is 0 Å². The van der Waals surface area contributed by atoms with Crippen LogP contribution in [0.3, 0.4) is 0 Å². The molecule has 0 bridgehead atoms. The van der Waals surface area contributed by atoms with Crippen molar-refractivity contribution in [2.24, 2.45) is 0 Å². The average Bonchev–Trinajstić information content (AvgIpc) is 1.97. The quantitative estimate of drug-likeness (QED) is 0.506. The van der Waals surface area contributed by atoms with Crippen LogP contribution < -0.4 is 4.86 Å². The number of nitrogens with zero attached hydrogens (tertiary/aromatic N) is 2. The molecule has 12 heavy (non-hydrogen) atoms. The van der Waals surface area contributed by atoms with Crippen molar-refractivity contribution in [1.82, 2.24) is 12.8 Å². The Hall–Kier alpha value is 2.49. The third-order valence-corrected chi connectivity index (χ3v) is 14.1. The summed E-state index contributed by atoms with van der Waals surface area (Å²) in [7, 11) is -2.64. The summed E-state index contributed by atoms with van der Waals surface area (Å²) in [6, 6.07) is 0. The smallest absolute Gasteiger partial charge is 0.181 e. The number of hydrogen-bond acceptors (Lipinski definition) is 3. The van der Waals surface area contributed by atoms with Gasteiger partial charge in [0, 0.05) is 0 Å². The van der Waals surface area contributed by atoms with Crippen LogP contribution in [-0.4, -0.2) is 14.2 Å². The molecule has 72 valence electrons. The summed E-state index contributed by atoms with van der Waals surface area (Å²) in [6.07, 6.45) is 3.68. The highest BCUT2D eigenvalue weighted by Gasteiger charge is 2.41. The van der Waals surface area contributed by atoms with Crippen LogP contribution in [0, 0.1) is 0 Å². The second-order valence-electron chi connectivity index (χ2n) is 1.76. The van der Waals surface area contributed by atoms with Crippen molar-refractivity contribution >= 4 is 85.3 Å². The Morgan fingerprint density at radius 3 is 2.33 bits per heavy atom. The monoisotopic (exact) mass is 325 g/mol. The zero-order valence-electron chi connectivity index (χ0n) is 5.33. The lowest BCUT2D eigenvalue weighted by Crippen LogP contribution is -2.20. The van der Waals surface area contributed by atoms with Gasteiger partial charge in [-0.3, -0.25) is 0 Å². The Bertz CT molecular complexity index is 224. The molecular weight excluding hydrogens is 324 g/mol. The lowest BCUT2D eigenvalue weighted by atomic mass is 12.0. The minimum atomic E-state index is -2.34. The number of rotatable bonds is 0. The molecule has 0 saturated carbocycles. The molecule has 1 heterocycles. The van der Waals surface area contributed by atoms with Crippen LogP contribution in [-0.2, 0) is 0 Å². The Morgan fingerprint density at radius 2 is 1.83 bits per heavy atom. The summed E-state index contributed by atoms with van der Waals surface area (Å²) in [6.45, 7) is -2.34. The summed E-state index contributed by atoms with van der Waals surface area (Å²) < 4.78 is 2.44. The molecule has 3 unspecified atom stereocenters. The van der Waals surface area contributed by atoms with Gasteiger partial charge in [-0.2, -0.15) is 0 Å². The molecule has 0 amide bonds. The van der Waals surface area contributed by atoms with E-state index in [9.17, 15) is 0 Å². The highest BCUT2D eigenvalue weighted by molar-refractivity contribution is 8.12. The first-order valence-electron chi connectivity index (χ1n) is 2.41. The van der Waals surface area contributed by atoms with Gasteiger partial charge >= 0.3 is 0 Å². The third-order valence-electron chi connectivity index (χ3n) is 0.915. The zero-order chi connectivity index (χ0) is 9.52. The highest BCUT2D eigenvalue weighted by Crippen LogP contribution is 2.80. The van der Waals surface area contributed by atoms with E-state index < -0.39 is 21.7 Å². The first-order chi connectivity index (χ1) is 5.36. The van der Waals surface area contributed by atoms with E-state index in [0.717, 1.165) is 0 Å². The standard InChI is InChI=1S/CH3Cl5N3P3/c1-12(6)7-10(4)8(2)11(5)9(12)3/h7H,1H2. The van der Waals surface area contributed by atoms with Crippen molar-refractivity contribution in [2.75, 3.05) is 0 Å². The molecule has 1 fully saturated rings. The zero-order valence-corrected chi connectivity index (χ0v) is 11.8. The highest BCUT2D eigenvalue weighted by atomic mass is 35.7. The van der Waals surface area contributed by atoms with Gasteiger partial charge in [0.05, 0.1) is 0 Å². The summed E-state index contributed by atoms with van der Waals surface area (Å²) in [5, 5.41) is 0. The maximum Gasteiger partial charge on any atom is 0.181 e. The van der Waals surface area contributed by atoms with Crippen LogP contribution >= 0.6 is 79.0 Å². The van der Waals surface area contributed by atoms with E-state index >= 15 is 0 Å². The third kappa shape index (κ3) is 2.54. The fraction of sp³-hybridized carbons (Fsp3) is 0. The molecule has 1 aliphatic heterocycles. The average molecular weight is 327 g/mol. The van der Waals surface area contributed by atoms with Crippen molar-refractivity contribution in [2.45, 2.75) is 0 Å². The normalized spacial score (nSPS) is 46.4. The molecule has 3 nitrogen and oxygen atoms in total.